The first-order valence-electron chi connectivity index (χ1n) is 4.51. The average Bonchev–Trinajstić information content (AvgIpc) is 2.14. The number of nitrogens with two attached hydrogens (primary N) is 1. The molecule has 4 N–H and O–H groups in total. The molecule has 0 radical (unpaired) electrons. The van der Waals surface area contributed by atoms with E-state index in [0.29, 0.717) is 18.9 Å². The van der Waals surface area contributed by atoms with E-state index in [2.05, 4.69) is 15.3 Å². The fraction of sp³-hybridized carbons (Fsp3) is 0.444. The maximum Gasteiger partial charge on any atom is 0.141 e. The van der Waals surface area contributed by atoms with Crippen molar-refractivity contribution < 1.29 is 5.11 Å². The van der Waals surface area contributed by atoms with Crippen molar-refractivity contribution in [2.24, 2.45) is 5.84 Å². The number of pyridine rings is 1. The van der Waals surface area contributed by atoms with Crippen LogP contribution in [0.2, 0.25) is 0 Å². The van der Waals surface area contributed by atoms with Gasteiger partial charge in [0.25, 0.3) is 0 Å². The molecular weight excluding hydrogens is 180 g/mol. The smallest absolute Gasteiger partial charge is 0.141 e. The number of hydrazine groups is 1. The van der Waals surface area contributed by atoms with Gasteiger partial charge in [0.1, 0.15) is 5.82 Å². The molecule has 0 atom stereocenters. The zero-order valence-electron chi connectivity index (χ0n) is 8.07. The van der Waals surface area contributed by atoms with Crippen molar-refractivity contribution in [1.82, 2.24) is 4.98 Å². The first kappa shape index (κ1) is 9.23. The van der Waals surface area contributed by atoms with Gasteiger partial charge >= 0.3 is 0 Å². The SMILES string of the molecule is CC1(O)CN(c2ccnc(NN)c2)C1. The fourth-order valence-electron chi connectivity index (χ4n) is 1.65. The summed E-state index contributed by atoms with van der Waals surface area (Å²) in [5, 5.41) is 9.57. The monoisotopic (exact) mass is 194 g/mol. The number of aliphatic hydroxyl groups is 1. The summed E-state index contributed by atoms with van der Waals surface area (Å²) in [6.07, 6.45) is 1.69. The second kappa shape index (κ2) is 3.11. The van der Waals surface area contributed by atoms with Crippen LogP contribution >= 0.6 is 0 Å². The van der Waals surface area contributed by atoms with Gasteiger partial charge in [-0.1, -0.05) is 0 Å². The van der Waals surface area contributed by atoms with E-state index in [1.54, 1.807) is 6.20 Å². The topological polar surface area (TPSA) is 74.4 Å². The third-order valence-electron chi connectivity index (χ3n) is 2.32. The molecule has 0 bridgehead atoms. The Morgan fingerprint density at radius 2 is 2.36 bits per heavy atom. The van der Waals surface area contributed by atoms with Crippen LogP contribution in [0.5, 0.6) is 0 Å². The molecule has 2 rings (SSSR count). The van der Waals surface area contributed by atoms with Gasteiger partial charge in [0.15, 0.2) is 0 Å². The molecule has 1 aliphatic rings. The number of nitrogen functional groups attached to an aromatic ring is 1. The number of anilines is 2. The van der Waals surface area contributed by atoms with E-state index in [9.17, 15) is 5.11 Å². The number of nitrogens with one attached hydrogen (secondary N) is 1. The van der Waals surface area contributed by atoms with Crippen LogP contribution in [0.15, 0.2) is 18.3 Å². The molecule has 2 heterocycles. The lowest BCUT2D eigenvalue weighted by atomic mass is 9.96. The quantitative estimate of drug-likeness (QED) is 0.454. The molecule has 76 valence electrons. The average molecular weight is 194 g/mol. The predicted octanol–water partition coefficient (Wildman–Crippen LogP) is -0.0618. The van der Waals surface area contributed by atoms with Crippen LogP contribution in [-0.2, 0) is 0 Å². The predicted molar refractivity (Wildman–Crippen MR) is 54.9 cm³/mol. The van der Waals surface area contributed by atoms with Gasteiger partial charge in [-0.05, 0) is 13.0 Å². The molecular formula is C9H14N4O. The van der Waals surface area contributed by atoms with Crippen molar-refractivity contribution in [1.29, 1.82) is 0 Å². The standard InChI is InChI=1S/C9H14N4O/c1-9(14)5-13(6-9)7-2-3-11-8(4-7)12-10/h2-4,14H,5-6,10H2,1H3,(H,11,12). The van der Waals surface area contributed by atoms with E-state index >= 15 is 0 Å². The summed E-state index contributed by atoms with van der Waals surface area (Å²) < 4.78 is 0. The van der Waals surface area contributed by atoms with Crippen LogP contribution < -0.4 is 16.2 Å². The Morgan fingerprint density at radius 1 is 1.64 bits per heavy atom. The summed E-state index contributed by atoms with van der Waals surface area (Å²) in [6, 6.07) is 3.76. The first-order valence-corrected chi connectivity index (χ1v) is 4.51. The van der Waals surface area contributed by atoms with Gasteiger partial charge in [0.05, 0.1) is 5.60 Å². The first-order chi connectivity index (χ1) is 6.61. The van der Waals surface area contributed by atoms with Gasteiger partial charge < -0.3 is 15.4 Å². The number of hydrogen-bond donors (Lipinski definition) is 3. The van der Waals surface area contributed by atoms with Gasteiger partial charge in [0.2, 0.25) is 0 Å². The minimum Gasteiger partial charge on any atom is -0.386 e. The van der Waals surface area contributed by atoms with Crippen molar-refractivity contribution in [3.63, 3.8) is 0 Å². The van der Waals surface area contributed by atoms with Gasteiger partial charge in [-0.15, -0.1) is 0 Å². The number of aromatic nitrogens is 1. The zero-order valence-corrected chi connectivity index (χ0v) is 8.07. The van der Waals surface area contributed by atoms with Gasteiger partial charge in [0, 0.05) is 31.0 Å². The summed E-state index contributed by atoms with van der Waals surface area (Å²) >= 11 is 0. The van der Waals surface area contributed by atoms with Crippen molar-refractivity contribution in [3.05, 3.63) is 18.3 Å². The van der Waals surface area contributed by atoms with E-state index in [4.69, 9.17) is 5.84 Å². The molecule has 1 aromatic rings. The highest BCUT2D eigenvalue weighted by molar-refractivity contribution is 5.55. The Labute approximate surface area is 82.5 Å². The number of hydrogen-bond acceptors (Lipinski definition) is 5. The fourth-order valence-corrected chi connectivity index (χ4v) is 1.65. The van der Waals surface area contributed by atoms with Crippen LogP contribution in [0.25, 0.3) is 0 Å². The largest absolute Gasteiger partial charge is 0.386 e. The van der Waals surface area contributed by atoms with E-state index in [-0.39, 0.29) is 0 Å². The van der Waals surface area contributed by atoms with Gasteiger partial charge in [-0.3, -0.25) is 0 Å². The molecule has 0 amide bonds. The number of rotatable bonds is 2. The van der Waals surface area contributed by atoms with E-state index < -0.39 is 5.60 Å². The van der Waals surface area contributed by atoms with Crippen LogP contribution in [0, 0.1) is 0 Å². The van der Waals surface area contributed by atoms with Crippen molar-refractivity contribution >= 4 is 11.5 Å². The Balaban J connectivity index is 2.11. The molecule has 1 aromatic heterocycles. The molecule has 0 saturated carbocycles. The zero-order chi connectivity index (χ0) is 10.2. The van der Waals surface area contributed by atoms with Gasteiger partial charge in [-0.25, -0.2) is 10.8 Å². The maximum absolute atomic E-state index is 9.57. The Hall–Kier alpha value is -1.33. The Morgan fingerprint density at radius 3 is 2.93 bits per heavy atom. The summed E-state index contributed by atoms with van der Waals surface area (Å²) in [6.45, 7) is 3.13. The summed E-state index contributed by atoms with van der Waals surface area (Å²) in [5.41, 5.74) is 2.96. The minimum absolute atomic E-state index is 0.556. The lowest BCUT2D eigenvalue weighted by Crippen LogP contribution is -2.60. The number of β-amino-alcohol motifs (C(OH)–C–C–N with tert-alkyl or cyclic N) is 1. The summed E-state index contributed by atoms with van der Waals surface area (Å²) in [7, 11) is 0. The molecule has 1 aliphatic heterocycles. The molecule has 5 nitrogen and oxygen atoms in total. The molecule has 1 saturated heterocycles. The van der Waals surface area contributed by atoms with Crippen LogP contribution in [0.1, 0.15) is 6.92 Å². The lowest BCUT2D eigenvalue weighted by molar-refractivity contribution is 0.0310. The van der Waals surface area contributed by atoms with E-state index in [1.807, 2.05) is 19.1 Å². The Kier molecular flexibility index (Phi) is 2.05. The molecule has 0 unspecified atom stereocenters. The highest BCUT2D eigenvalue weighted by Crippen LogP contribution is 2.27. The molecule has 0 aromatic carbocycles. The molecule has 1 fully saturated rings. The van der Waals surface area contributed by atoms with Crippen LogP contribution in [-0.4, -0.2) is 28.8 Å². The van der Waals surface area contributed by atoms with Crippen molar-refractivity contribution in [3.8, 4) is 0 Å². The number of nitrogens with zero attached hydrogens (tertiary/aromatic N) is 2. The lowest BCUT2D eigenvalue weighted by Gasteiger charge is -2.45. The van der Waals surface area contributed by atoms with E-state index in [0.717, 1.165) is 5.69 Å². The summed E-state index contributed by atoms with van der Waals surface area (Å²) in [4.78, 5) is 6.08. The third kappa shape index (κ3) is 1.64. The minimum atomic E-state index is -0.556. The molecule has 0 spiro atoms. The summed E-state index contributed by atoms with van der Waals surface area (Å²) in [5.74, 6) is 5.88. The molecule has 14 heavy (non-hydrogen) atoms. The van der Waals surface area contributed by atoms with Crippen molar-refractivity contribution in [2.45, 2.75) is 12.5 Å². The highest BCUT2D eigenvalue weighted by atomic mass is 16.3. The third-order valence-corrected chi connectivity index (χ3v) is 2.32. The van der Waals surface area contributed by atoms with Crippen molar-refractivity contribution in [2.75, 3.05) is 23.4 Å². The van der Waals surface area contributed by atoms with Gasteiger partial charge in [-0.2, -0.15) is 0 Å². The van der Waals surface area contributed by atoms with Crippen LogP contribution in [0.3, 0.4) is 0 Å². The second-order valence-electron chi connectivity index (χ2n) is 3.90. The molecule has 0 aliphatic carbocycles. The Bertz CT molecular complexity index is 331. The van der Waals surface area contributed by atoms with E-state index in [1.165, 1.54) is 0 Å². The maximum atomic E-state index is 9.57. The molecule has 5 heteroatoms. The highest BCUT2D eigenvalue weighted by Gasteiger charge is 2.36. The second-order valence-corrected chi connectivity index (χ2v) is 3.90. The van der Waals surface area contributed by atoms with Crippen LogP contribution in [0.4, 0.5) is 11.5 Å². The normalized spacial score (nSPS) is 18.9.